The number of amides is 2. The van der Waals surface area contributed by atoms with Crippen molar-refractivity contribution in [3.05, 3.63) is 28.3 Å². The van der Waals surface area contributed by atoms with Gasteiger partial charge in [-0.15, -0.1) is 0 Å². The lowest BCUT2D eigenvalue weighted by atomic mass is 10.1. The summed E-state index contributed by atoms with van der Waals surface area (Å²) in [6.45, 7) is 7.33. The van der Waals surface area contributed by atoms with Crippen LogP contribution in [0.3, 0.4) is 0 Å². The van der Waals surface area contributed by atoms with Gasteiger partial charge in [0.2, 0.25) is 0 Å². The lowest BCUT2D eigenvalue weighted by Gasteiger charge is -2.35. The first kappa shape index (κ1) is 16.4. The molecule has 3 rings (SSSR count). The van der Waals surface area contributed by atoms with Gasteiger partial charge in [0.1, 0.15) is 5.75 Å². The van der Waals surface area contributed by atoms with Gasteiger partial charge >= 0.3 is 6.03 Å². The maximum Gasteiger partial charge on any atom is 0.317 e. The number of hydrogen-bond donors (Lipinski definition) is 1. The van der Waals surface area contributed by atoms with Crippen LogP contribution in [-0.2, 0) is 17.9 Å². The van der Waals surface area contributed by atoms with Crippen LogP contribution < -0.4 is 10.1 Å². The predicted molar refractivity (Wildman–Crippen MR) is 87.7 cm³/mol. The van der Waals surface area contributed by atoms with Crippen molar-refractivity contribution in [3.63, 3.8) is 0 Å². The molecule has 1 saturated heterocycles. The third-order valence-electron chi connectivity index (χ3n) is 4.13. The lowest BCUT2D eigenvalue weighted by Crippen LogP contribution is -2.51. The van der Waals surface area contributed by atoms with Gasteiger partial charge in [-0.25, -0.2) is 4.79 Å². The van der Waals surface area contributed by atoms with Crippen LogP contribution in [0.5, 0.6) is 5.75 Å². The molecule has 7 heteroatoms. The number of urea groups is 1. The van der Waals surface area contributed by atoms with Crippen LogP contribution in [0, 0.1) is 0 Å². The Morgan fingerprint density at radius 1 is 1.30 bits per heavy atom. The summed E-state index contributed by atoms with van der Waals surface area (Å²) in [5.74, 6) is 0.895. The summed E-state index contributed by atoms with van der Waals surface area (Å²) in [6.07, 6.45) is 0. The minimum Gasteiger partial charge on any atom is -0.467 e. The van der Waals surface area contributed by atoms with Crippen LogP contribution in [0.15, 0.2) is 12.1 Å². The molecule has 0 unspecified atom stereocenters. The van der Waals surface area contributed by atoms with Crippen molar-refractivity contribution in [1.82, 2.24) is 15.1 Å². The van der Waals surface area contributed by atoms with Crippen LogP contribution >= 0.6 is 11.6 Å². The molecule has 0 saturated carbocycles. The molecule has 0 radical (unpaired) electrons. The summed E-state index contributed by atoms with van der Waals surface area (Å²) in [5.41, 5.74) is 2.09. The molecule has 0 spiro atoms. The van der Waals surface area contributed by atoms with Crippen molar-refractivity contribution in [2.45, 2.75) is 20.1 Å². The van der Waals surface area contributed by atoms with E-state index in [9.17, 15) is 4.79 Å². The van der Waals surface area contributed by atoms with Crippen LogP contribution in [0.1, 0.15) is 18.1 Å². The van der Waals surface area contributed by atoms with Crippen molar-refractivity contribution in [1.29, 1.82) is 0 Å². The number of benzene rings is 1. The summed E-state index contributed by atoms with van der Waals surface area (Å²) < 4.78 is 11.0. The van der Waals surface area contributed by atoms with Gasteiger partial charge in [-0.2, -0.15) is 0 Å². The Morgan fingerprint density at radius 3 is 2.83 bits per heavy atom. The number of fused-ring (bicyclic) bond motifs is 1. The van der Waals surface area contributed by atoms with E-state index in [1.54, 1.807) is 0 Å². The van der Waals surface area contributed by atoms with Gasteiger partial charge in [0.25, 0.3) is 0 Å². The maximum atomic E-state index is 11.8. The third-order valence-corrected chi connectivity index (χ3v) is 4.35. The molecule has 1 N–H and O–H groups in total. The number of hydrogen-bond acceptors (Lipinski definition) is 4. The molecular formula is C16H22ClN3O3. The number of ether oxygens (including phenoxy) is 2. The van der Waals surface area contributed by atoms with E-state index < -0.39 is 0 Å². The summed E-state index contributed by atoms with van der Waals surface area (Å²) in [6, 6.07) is 3.88. The van der Waals surface area contributed by atoms with Crippen molar-refractivity contribution in [2.75, 3.05) is 39.5 Å². The topological polar surface area (TPSA) is 54.0 Å². The number of carbonyl (C=O) groups is 1. The van der Waals surface area contributed by atoms with E-state index in [1.807, 2.05) is 24.0 Å². The Bertz CT molecular complexity index is 574. The molecule has 0 atom stereocenters. The first-order chi connectivity index (χ1) is 11.2. The largest absolute Gasteiger partial charge is 0.467 e. The number of piperazine rings is 1. The van der Waals surface area contributed by atoms with Crippen molar-refractivity contribution in [3.8, 4) is 5.75 Å². The van der Waals surface area contributed by atoms with E-state index >= 15 is 0 Å². The first-order valence-corrected chi connectivity index (χ1v) is 8.32. The van der Waals surface area contributed by atoms with E-state index in [0.29, 0.717) is 18.2 Å². The molecule has 126 valence electrons. The van der Waals surface area contributed by atoms with Crippen LogP contribution in [0.25, 0.3) is 0 Å². The summed E-state index contributed by atoms with van der Waals surface area (Å²) >= 11 is 6.21. The van der Waals surface area contributed by atoms with E-state index in [2.05, 4.69) is 10.2 Å². The molecule has 2 aliphatic heterocycles. The second-order valence-electron chi connectivity index (χ2n) is 5.76. The minimum atomic E-state index is 0.0211. The molecule has 0 aromatic heterocycles. The van der Waals surface area contributed by atoms with Gasteiger partial charge in [-0.3, -0.25) is 4.90 Å². The Kier molecular flexibility index (Phi) is 5.25. The molecule has 1 aromatic carbocycles. The van der Waals surface area contributed by atoms with Crippen molar-refractivity contribution in [2.24, 2.45) is 0 Å². The van der Waals surface area contributed by atoms with E-state index in [-0.39, 0.29) is 12.8 Å². The Labute approximate surface area is 141 Å². The predicted octanol–water partition coefficient (Wildman–Crippen LogP) is 2.05. The number of rotatable bonds is 3. The van der Waals surface area contributed by atoms with Gasteiger partial charge in [-0.05, 0) is 19.1 Å². The van der Waals surface area contributed by atoms with Crippen molar-refractivity contribution >= 4 is 17.6 Å². The Balaban J connectivity index is 1.63. The molecular weight excluding hydrogens is 318 g/mol. The molecule has 1 fully saturated rings. The fourth-order valence-electron chi connectivity index (χ4n) is 2.99. The fourth-order valence-corrected chi connectivity index (χ4v) is 3.25. The zero-order valence-corrected chi connectivity index (χ0v) is 14.1. The first-order valence-electron chi connectivity index (χ1n) is 7.94. The van der Waals surface area contributed by atoms with Gasteiger partial charge < -0.3 is 19.7 Å². The van der Waals surface area contributed by atoms with E-state index in [1.165, 1.54) is 0 Å². The maximum absolute atomic E-state index is 11.8. The summed E-state index contributed by atoms with van der Waals surface area (Å²) in [4.78, 5) is 16.0. The Morgan fingerprint density at radius 2 is 2.09 bits per heavy atom. The SMILES string of the molecule is CCNC(=O)N1CCN(Cc2cc(Cl)cc3c2OCOC3)CC1. The molecule has 2 heterocycles. The highest BCUT2D eigenvalue weighted by molar-refractivity contribution is 6.30. The molecule has 6 nitrogen and oxygen atoms in total. The number of nitrogens with one attached hydrogen (secondary N) is 1. The normalized spacial score (nSPS) is 18.3. The number of halogens is 1. The van der Waals surface area contributed by atoms with E-state index in [4.69, 9.17) is 21.1 Å². The zero-order valence-electron chi connectivity index (χ0n) is 13.3. The zero-order chi connectivity index (χ0) is 16.2. The van der Waals surface area contributed by atoms with Gasteiger partial charge in [-0.1, -0.05) is 11.6 Å². The van der Waals surface area contributed by atoms with Crippen LogP contribution in [0.2, 0.25) is 5.02 Å². The molecule has 23 heavy (non-hydrogen) atoms. The van der Waals surface area contributed by atoms with Crippen LogP contribution in [0.4, 0.5) is 4.79 Å². The average molecular weight is 340 g/mol. The monoisotopic (exact) mass is 339 g/mol. The summed E-state index contributed by atoms with van der Waals surface area (Å²) in [5, 5.41) is 3.55. The van der Waals surface area contributed by atoms with Crippen LogP contribution in [-0.4, -0.2) is 55.3 Å². The third kappa shape index (κ3) is 3.88. The second-order valence-corrected chi connectivity index (χ2v) is 6.20. The highest BCUT2D eigenvalue weighted by Crippen LogP contribution is 2.32. The molecule has 2 aliphatic rings. The smallest absolute Gasteiger partial charge is 0.317 e. The highest BCUT2D eigenvalue weighted by atomic mass is 35.5. The average Bonchev–Trinajstić information content (AvgIpc) is 2.55. The molecule has 1 aromatic rings. The van der Waals surface area contributed by atoms with Gasteiger partial charge in [0, 0.05) is 55.4 Å². The highest BCUT2D eigenvalue weighted by Gasteiger charge is 2.23. The van der Waals surface area contributed by atoms with Gasteiger partial charge in [0.05, 0.1) is 6.61 Å². The van der Waals surface area contributed by atoms with Gasteiger partial charge in [0.15, 0.2) is 6.79 Å². The number of nitrogens with zero attached hydrogens (tertiary/aromatic N) is 2. The van der Waals surface area contributed by atoms with Crippen molar-refractivity contribution < 1.29 is 14.3 Å². The lowest BCUT2D eigenvalue weighted by molar-refractivity contribution is -0.0176. The molecule has 2 amide bonds. The Hall–Kier alpha value is -1.50. The second kappa shape index (κ2) is 7.38. The van der Waals surface area contributed by atoms with E-state index in [0.717, 1.165) is 49.6 Å². The quantitative estimate of drug-likeness (QED) is 0.915. The fraction of sp³-hybridized carbons (Fsp3) is 0.562. The molecule has 0 aliphatic carbocycles. The standard InChI is InChI=1S/C16H22ClN3O3/c1-2-18-16(21)20-5-3-19(4-6-20)9-12-7-14(17)8-13-10-22-11-23-15(12)13/h7-8H,2-6,9-11H2,1H3,(H,18,21). The number of carbonyl (C=O) groups excluding carboxylic acids is 1. The minimum absolute atomic E-state index is 0.0211. The molecule has 0 bridgehead atoms. The summed E-state index contributed by atoms with van der Waals surface area (Å²) in [7, 11) is 0.